The number of imidazole rings is 1. The molecule has 0 fully saturated rings. The van der Waals surface area contributed by atoms with E-state index >= 15 is 4.39 Å². The Morgan fingerprint density at radius 2 is 1.67 bits per heavy atom. The number of thiocarbonyl (C=S) groups is 1. The zero-order valence-electron chi connectivity index (χ0n) is 19.0. The molecule has 0 bridgehead atoms. The molecule has 180 valence electrons. The molecule has 36 heavy (non-hydrogen) atoms. The van der Waals surface area contributed by atoms with Crippen molar-refractivity contribution in [1.29, 1.82) is 0 Å². The lowest BCUT2D eigenvalue weighted by Gasteiger charge is -2.12. The maximum Gasteiger partial charge on any atom is 0.256 e. The summed E-state index contributed by atoms with van der Waals surface area (Å²) in [6.45, 7) is 0.510. The van der Waals surface area contributed by atoms with E-state index in [1.807, 2.05) is 10.5 Å². The number of nitrogens with one attached hydrogen (secondary N) is 1. The molecule has 8 heteroatoms. The first-order valence-corrected chi connectivity index (χ1v) is 12.1. The first kappa shape index (κ1) is 22.5. The summed E-state index contributed by atoms with van der Waals surface area (Å²) in [5.41, 5.74) is 4.63. The van der Waals surface area contributed by atoms with Crippen LogP contribution in [-0.2, 0) is 13.0 Å². The van der Waals surface area contributed by atoms with Crippen molar-refractivity contribution >= 4 is 39.8 Å². The van der Waals surface area contributed by atoms with Gasteiger partial charge in [0, 0.05) is 23.2 Å². The van der Waals surface area contributed by atoms with Crippen molar-refractivity contribution in [2.75, 3.05) is 0 Å². The van der Waals surface area contributed by atoms with Crippen LogP contribution in [0.5, 0.6) is 0 Å². The number of amides is 1. The third-order valence-corrected chi connectivity index (χ3v) is 7.02. The Kier molecular flexibility index (Phi) is 5.41. The molecule has 4 nitrogen and oxygen atoms in total. The number of carbonyl (C=O) groups is 1. The van der Waals surface area contributed by atoms with Crippen LogP contribution < -0.4 is 5.32 Å². The van der Waals surface area contributed by atoms with Gasteiger partial charge in [-0.1, -0.05) is 42.5 Å². The number of nitrogens with zero attached hydrogens (tertiary/aromatic N) is 2. The Bertz CT molecular complexity index is 1670. The van der Waals surface area contributed by atoms with Crippen LogP contribution in [0.4, 0.5) is 13.2 Å². The summed E-state index contributed by atoms with van der Waals surface area (Å²) in [5, 5.41) is 2.82. The van der Waals surface area contributed by atoms with E-state index in [2.05, 4.69) is 5.32 Å². The van der Waals surface area contributed by atoms with E-state index in [1.54, 1.807) is 41.0 Å². The SMILES string of the molecule is O=C(NC(=S)c1c(-c2ccc(F)cc2)c2c3n(c4c(F)c(F)ccc4n13)CCCC2)c1ccccc1. The first-order chi connectivity index (χ1) is 17.5. The number of fused-ring (bicyclic) bond motifs is 3. The molecule has 1 N–H and O–H groups in total. The molecule has 1 amide bonds. The third kappa shape index (κ3) is 3.44. The fraction of sp³-hybridized carbons (Fsp3) is 0.143. The van der Waals surface area contributed by atoms with Crippen LogP contribution in [0.25, 0.3) is 27.8 Å². The molecule has 5 aromatic rings. The summed E-state index contributed by atoms with van der Waals surface area (Å²) < 4.78 is 46.9. The van der Waals surface area contributed by atoms with Gasteiger partial charge in [-0.05, 0) is 61.2 Å². The van der Waals surface area contributed by atoms with Crippen LogP contribution in [-0.4, -0.2) is 19.9 Å². The zero-order valence-corrected chi connectivity index (χ0v) is 19.8. The average Bonchev–Trinajstić information content (AvgIpc) is 3.28. The second kappa shape index (κ2) is 8.64. The van der Waals surface area contributed by atoms with Gasteiger partial charge in [0.15, 0.2) is 11.6 Å². The number of aromatic nitrogens is 2. The van der Waals surface area contributed by atoms with Gasteiger partial charge in [0.2, 0.25) is 0 Å². The summed E-state index contributed by atoms with van der Waals surface area (Å²) in [6.07, 6.45) is 2.29. The van der Waals surface area contributed by atoms with Gasteiger partial charge in [0.1, 0.15) is 22.0 Å². The molecule has 3 heterocycles. The Hall–Kier alpha value is -3.91. The van der Waals surface area contributed by atoms with Crippen LogP contribution in [0, 0.1) is 17.5 Å². The molecule has 1 aliphatic rings. The predicted octanol–water partition coefficient (Wildman–Crippen LogP) is 6.42. The standard InChI is InChI=1S/C28H20F3N3OS/c29-18-11-9-16(10-12-18)22-19-8-4-5-15-33-24-21(14-13-20(30)23(24)31)34(28(19)33)25(22)27(36)32-26(35)17-6-2-1-3-7-17/h1-3,6-7,9-14H,4-5,8,15H2,(H,32,35,36). The Balaban J connectivity index is 1.66. The van der Waals surface area contributed by atoms with Crippen molar-refractivity contribution < 1.29 is 18.0 Å². The van der Waals surface area contributed by atoms with Crippen molar-refractivity contribution in [2.24, 2.45) is 0 Å². The monoisotopic (exact) mass is 503 g/mol. The predicted molar refractivity (Wildman–Crippen MR) is 137 cm³/mol. The van der Waals surface area contributed by atoms with Crippen molar-refractivity contribution in [3.8, 4) is 11.1 Å². The number of carbonyl (C=O) groups excluding carboxylic acids is 1. The normalized spacial score (nSPS) is 13.2. The van der Waals surface area contributed by atoms with Crippen molar-refractivity contribution in [1.82, 2.24) is 14.3 Å². The smallest absolute Gasteiger partial charge is 0.256 e. The first-order valence-electron chi connectivity index (χ1n) is 11.7. The summed E-state index contributed by atoms with van der Waals surface area (Å²) in [4.78, 5) is 13.1. The van der Waals surface area contributed by atoms with E-state index < -0.39 is 11.6 Å². The highest BCUT2D eigenvalue weighted by atomic mass is 32.1. The minimum atomic E-state index is -0.925. The largest absolute Gasteiger partial charge is 0.323 e. The van der Waals surface area contributed by atoms with Gasteiger partial charge < -0.3 is 9.88 Å². The zero-order chi connectivity index (χ0) is 25.0. The number of hydrogen-bond donors (Lipinski definition) is 1. The van der Waals surface area contributed by atoms with Gasteiger partial charge in [0.25, 0.3) is 5.91 Å². The Morgan fingerprint density at radius 3 is 2.42 bits per heavy atom. The molecule has 2 aromatic heterocycles. The Labute approximate surface area is 210 Å². The van der Waals surface area contributed by atoms with E-state index in [4.69, 9.17) is 12.2 Å². The van der Waals surface area contributed by atoms with Crippen molar-refractivity contribution in [3.63, 3.8) is 0 Å². The molecule has 0 unspecified atom stereocenters. The topological polar surface area (TPSA) is 38.4 Å². The van der Waals surface area contributed by atoms with Crippen molar-refractivity contribution in [2.45, 2.75) is 25.8 Å². The van der Waals surface area contributed by atoms with Crippen LogP contribution in [0.3, 0.4) is 0 Å². The number of benzene rings is 3. The molecule has 0 aliphatic carbocycles. The maximum absolute atomic E-state index is 15.1. The van der Waals surface area contributed by atoms with Crippen LogP contribution in [0.1, 0.15) is 34.5 Å². The molecule has 0 spiro atoms. The van der Waals surface area contributed by atoms with Gasteiger partial charge in [0.05, 0.1) is 11.2 Å². The lowest BCUT2D eigenvalue weighted by molar-refractivity contribution is 0.0978. The minimum Gasteiger partial charge on any atom is -0.323 e. The van der Waals surface area contributed by atoms with E-state index in [0.717, 1.165) is 35.6 Å². The number of rotatable bonds is 3. The number of hydrogen-bond acceptors (Lipinski definition) is 2. The quantitative estimate of drug-likeness (QED) is 0.289. The van der Waals surface area contributed by atoms with Crippen molar-refractivity contribution in [3.05, 3.63) is 101 Å². The summed E-state index contributed by atoms with van der Waals surface area (Å²) in [6, 6.07) is 17.4. The molecular weight excluding hydrogens is 483 g/mol. The molecule has 6 rings (SSSR count). The van der Waals surface area contributed by atoms with Gasteiger partial charge in [-0.2, -0.15) is 0 Å². The fourth-order valence-electron chi connectivity index (χ4n) is 5.19. The second-order valence-electron chi connectivity index (χ2n) is 8.86. The lowest BCUT2D eigenvalue weighted by atomic mass is 9.98. The molecule has 0 radical (unpaired) electrons. The molecule has 0 saturated heterocycles. The van der Waals surface area contributed by atoms with Gasteiger partial charge in [-0.25, -0.2) is 13.2 Å². The summed E-state index contributed by atoms with van der Waals surface area (Å²) >= 11 is 5.78. The maximum atomic E-state index is 15.1. The number of halogens is 3. The Morgan fingerprint density at radius 1 is 0.917 bits per heavy atom. The lowest BCUT2D eigenvalue weighted by Crippen LogP contribution is -2.30. The van der Waals surface area contributed by atoms with Gasteiger partial charge >= 0.3 is 0 Å². The molecular formula is C28H20F3N3OS. The highest BCUT2D eigenvalue weighted by Crippen LogP contribution is 2.40. The van der Waals surface area contributed by atoms with Crippen LogP contribution in [0.2, 0.25) is 0 Å². The van der Waals surface area contributed by atoms with E-state index in [1.165, 1.54) is 18.2 Å². The molecule has 1 aliphatic heterocycles. The van der Waals surface area contributed by atoms with E-state index in [9.17, 15) is 13.6 Å². The summed E-state index contributed by atoms with van der Waals surface area (Å²) in [5.74, 6) is -2.60. The fourth-order valence-corrected chi connectivity index (χ4v) is 5.48. The number of aryl methyl sites for hydroxylation is 2. The van der Waals surface area contributed by atoms with Crippen LogP contribution in [0.15, 0.2) is 66.7 Å². The molecule has 0 saturated carbocycles. The van der Waals surface area contributed by atoms with E-state index in [-0.39, 0.29) is 22.2 Å². The molecule has 3 aromatic carbocycles. The van der Waals surface area contributed by atoms with Crippen LogP contribution >= 0.6 is 12.2 Å². The average molecular weight is 504 g/mol. The third-order valence-electron chi connectivity index (χ3n) is 6.73. The highest BCUT2D eigenvalue weighted by Gasteiger charge is 2.30. The van der Waals surface area contributed by atoms with Gasteiger partial charge in [-0.15, -0.1) is 0 Å². The van der Waals surface area contributed by atoms with Gasteiger partial charge in [-0.3, -0.25) is 9.20 Å². The van der Waals surface area contributed by atoms with E-state index in [0.29, 0.717) is 35.4 Å². The molecule has 0 atom stereocenters. The second-order valence-corrected chi connectivity index (χ2v) is 9.26. The minimum absolute atomic E-state index is 0.147. The summed E-state index contributed by atoms with van der Waals surface area (Å²) in [7, 11) is 0. The highest BCUT2D eigenvalue weighted by molar-refractivity contribution is 7.80.